The predicted molar refractivity (Wildman–Crippen MR) is 245 cm³/mol. The molecule has 0 aromatic heterocycles. The SMILES string of the molecule is c1cc2ccccc2c(N(c2ccc(-c3ccc(N(c4ccccc4)c4cccc5ccccc45)cc3)cc2)c2cc(-c3ccccc3)cc(-c3ccccc3)c2)c#1. The van der Waals surface area contributed by atoms with E-state index in [2.05, 4.69) is 246 Å². The van der Waals surface area contributed by atoms with Gasteiger partial charge in [-0.2, -0.15) is 0 Å². The lowest BCUT2D eigenvalue weighted by atomic mass is 9.97. The topological polar surface area (TPSA) is 6.48 Å². The zero-order valence-corrected chi connectivity index (χ0v) is 31.8. The van der Waals surface area contributed by atoms with Gasteiger partial charge in [0.15, 0.2) is 0 Å². The summed E-state index contributed by atoms with van der Waals surface area (Å²) in [5.74, 6) is 0. The Kier molecular flexibility index (Phi) is 9.16. The summed E-state index contributed by atoms with van der Waals surface area (Å²) in [4.78, 5) is 4.67. The van der Waals surface area contributed by atoms with Gasteiger partial charge >= 0.3 is 0 Å². The highest BCUT2D eigenvalue weighted by atomic mass is 15.1. The Labute approximate surface area is 340 Å². The molecule has 10 aromatic rings. The van der Waals surface area contributed by atoms with Gasteiger partial charge < -0.3 is 9.80 Å². The third kappa shape index (κ3) is 6.72. The van der Waals surface area contributed by atoms with Crippen LogP contribution in [0.25, 0.3) is 54.9 Å². The van der Waals surface area contributed by atoms with Crippen LogP contribution in [0.5, 0.6) is 0 Å². The maximum Gasteiger partial charge on any atom is 0.105 e. The number of rotatable bonds is 9. The van der Waals surface area contributed by atoms with Crippen molar-refractivity contribution in [3.8, 4) is 33.4 Å². The van der Waals surface area contributed by atoms with Crippen LogP contribution in [0.2, 0.25) is 0 Å². The average molecular weight is 739 g/mol. The highest BCUT2D eigenvalue weighted by Gasteiger charge is 2.19. The smallest absolute Gasteiger partial charge is 0.105 e. The summed E-state index contributed by atoms with van der Waals surface area (Å²) in [6.07, 6.45) is 0. The molecule has 0 bridgehead atoms. The average Bonchev–Trinajstić information content (AvgIpc) is 3.31. The molecule has 58 heavy (non-hydrogen) atoms. The summed E-state index contributed by atoms with van der Waals surface area (Å²) in [7, 11) is 0. The molecule has 2 heteroatoms. The van der Waals surface area contributed by atoms with Crippen molar-refractivity contribution in [2.45, 2.75) is 0 Å². The van der Waals surface area contributed by atoms with Crippen LogP contribution in [-0.4, -0.2) is 0 Å². The molecule has 2 nitrogen and oxygen atoms in total. The Morgan fingerprint density at radius 2 is 0.759 bits per heavy atom. The van der Waals surface area contributed by atoms with Crippen LogP contribution in [0.3, 0.4) is 0 Å². The zero-order chi connectivity index (χ0) is 38.7. The standard InChI is InChI=1S/C56H38N2/c1-4-16-41(17-5-1)47-38-48(42-18-6-2-7-19-42)40-52(39-47)58(56-29-15-23-46-21-11-13-27-54(46)56)51-36-32-44(33-37-51)43-30-34-50(35-31-43)57(49-24-8-3-9-25-49)55-28-14-22-45-20-10-12-26-53(45)55/h1-14,16-28,30-40H. The number of nitrogens with zero attached hydrogens (tertiary/aromatic N) is 2. The highest BCUT2D eigenvalue weighted by Crippen LogP contribution is 2.43. The fourth-order valence-electron chi connectivity index (χ4n) is 8.02. The van der Waals surface area contributed by atoms with E-state index in [-0.39, 0.29) is 0 Å². The summed E-state index contributed by atoms with van der Waals surface area (Å²) < 4.78 is 0. The molecule has 0 N–H and O–H groups in total. The quantitative estimate of drug-likeness (QED) is 0.145. The molecular weight excluding hydrogens is 701 g/mol. The van der Waals surface area contributed by atoms with Crippen molar-refractivity contribution in [1.29, 1.82) is 0 Å². The van der Waals surface area contributed by atoms with Gasteiger partial charge in [-0.15, -0.1) is 0 Å². The maximum absolute atomic E-state index is 3.52. The number of anilines is 6. The minimum Gasteiger partial charge on any atom is -0.310 e. The molecule has 0 aliphatic carbocycles. The van der Waals surface area contributed by atoms with Crippen molar-refractivity contribution in [2.24, 2.45) is 0 Å². The van der Waals surface area contributed by atoms with Gasteiger partial charge in [0.05, 0.1) is 5.69 Å². The lowest BCUT2D eigenvalue weighted by Gasteiger charge is -2.27. The van der Waals surface area contributed by atoms with Gasteiger partial charge in [0.25, 0.3) is 0 Å². The Balaban J connectivity index is 1.07. The van der Waals surface area contributed by atoms with E-state index in [4.69, 9.17) is 0 Å². The maximum atomic E-state index is 3.52. The normalized spacial score (nSPS) is 11.0. The lowest BCUT2D eigenvalue weighted by Crippen LogP contribution is -2.11. The van der Waals surface area contributed by atoms with E-state index in [1.807, 2.05) is 6.07 Å². The second-order valence-corrected chi connectivity index (χ2v) is 14.4. The molecular formula is C56H38N2. The van der Waals surface area contributed by atoms with Crippen molar-refractivity contribution in [3.63, 3.8) is 0 Å². The van der Waals surface area contributed by atoms with E-state index in [1.54, 1.807) is 0 Å². The molecule has 0 radical (unpaired) electrons. The second kappa shape index (κ2) is 15.3. The molecule has 272 valence electrons. The Morgan fingerprint density at radius 1 is 0.293 bits per heavy atom. The summed E-state index contributed by atoms with van der Waals surface area (Å²) in [6.45, 7) is 0. The van der Waals surface area contributed by atoms with E-state index in [9.17, 15) is 0 Å². The van der Waals surface area contributed by atoms with Gasteiger partial charge in [-0.3, -0.25) is 0 Å². The first-order valence-electron chi connectivity index (χ1n) is 19.7. The van der Waals surface area contributed by atoms with Gasteiger partial charge in [-0.1, -0.05) is 170 Å². The van der Waals surface area contributed by atoms with Crippen LogP contribution in [0.4, 0.5) is 34.1 Å². The molecule has 0 fully saturated rings. The number of benzene rings is 9. The Bertz CT molecular complexity index is 2910. The molecule has 0 saturated carbocycles. The molecule has 10 rings (SSSR count). The molecule has 0 heterocycles. The number of hydrogen-bond acceptors (Lipinski definition) is 2. The molecule has 0 amide bonds. The largest absolute Gasteiger partial charge is 0.310 e. The van der Waals surface area contributed by atoms with Crippen LogP contribution < -0.4 is 9.80 Å². The van der Waals surface area contributed by atoms with Crippen molar-refractivity contribution in [2.75, 3.05) is 9.80 Å². The first-order chi connectivity index (χ1) is 28.8. The van der Waals surface area contributed by atoms with E-state index < -0.39 is 0 Å². The first kappa shape index (κ1) is 34.6. The number of hydrogen-bond donors (Lipinski definition) is 0. The van der Waals surface area contributed by atoms with Crippen LogP contribution in [0.15, 0.2) is 231 Å². The fraction of sp³-hybridized carbons (Fsp3) is 0. The highest BCUT2D eigenvalue weighted by molar-refractivity contribution is 6.00. The van der Waals surface area contributed by atoms with Crippen LogP contribution >= 0.6 is 0 Å². The Morgan fingerprint density at radius 3 is 1.38 bits per heavy atom. The predicted octanol–water partition coefficient (Wildman–Crippen LogP) is 15.5. The summed E-state index contributed by atoms with van der Waals surface area (Å²) >= 11 is 0. The zero-order valence-electron chi connectivity index (χ0n) is 31.8. The summed E-state index contributed by atoms with van der Waals surface area (Å²) in [5.41, 5.74) is 13.3. The monoisotopic (exact) mass is 738 g/mol. The van der Waals surface area contributed by atoms with Gasteiger partial charge in [0.1, 0.15) is 5.69 Å². The third-order valence-electron chi connectivity index (χ3n) is 10.9. The minimum absolute atomic E-state index is 0.953. The van der Waals surface area contributed by atoms with E-state index in [1.165, 1.54) is 21.9 Å². The fourth-order valence-corrected chi connectivity index (χ4v) is 8.02. The molecule has 0 spiro atoms. The summed E-state index contributed by atoms with van der Waals surface area (Å²) in [6, 6.07) is 89.0. The van der Waals surface area contributed by atoms with Gasteiger partial charge in [0.2, 0.25) is 0 Å². The third-order valence-corrected chi connectivity index (χ3v) is 10.9. The van der Waals surface area contributed by atoms with Crippen LogP contribution in [-0.2, 0) is 0 Å². The van der Waals surface area contributed by atoms with Crippen molar-refractivity contribution < 1.29 is 0 Å². The van der Waals surface area contributed by atoms with Crippen molar-refractivity contribution >= 4 is 55.7 Å². The van der Waals surface area contributed by atoms with Crippen LogP contribution in [0, 0.1) is 12.1 Å². The van der Waals surface area contributed by atoms with E-state index in [0.717, 1.165) is 67.2 Å². The van der Waals surface area contributed by atoms with Gasteiger partial charge in [-0.25, -0.2) is 0 Å². The second-order valence-electron chi connectivity index (χ2n) is 14.4. The van der Waals surface area contributed by atoms with E-state index in [0.29, 0.717) is 0 Å². The number of para-hydroxylation sites is 1. The van der Waals surface area contributed by atoms with Gasteiger partial charge in [-0.05, 0) is 117 Å². The van der Waals surface area contributed by atoms with Crippen molar-refractivity contribution in [3.05, 3.63) is 243 Å². The molecule has 0 atom stereocenters. The minimum atomic E-state index is 0.953. The van der Waals surface area contributed by atoms with Crippen molar-refractivity contribution in [1.82, 2.24) is 0 Å². The summed E-state index contributed by atoms with van der Waals surface area (Å²) in [5, 5.41) is 4.66. The molecule has 0 aliphatic rings. The molecule has 0 unspecified atom stereocenters. The number of fused-ring (bicyclic) bond motifs is 2. The lowest BCUT2D eigenvalue weighted by molar-refractivity contribution is 1.29. The van der Waals surface area contributed by atoms with Crippen LogP contribution in [0.1, 0.15) is 0 Å². The molecule has 10 aromatic carbocycles. The van der Waals surface area contributed by atoms with E-state index >= 15 is 0 Å². The Hall–Kier alpha value is -7.86. The molecule has 0 saturated heterocycles. The van der Waals surface area contributed by atoms with Gasteiger partial charge in [0, 0.05) is 33.5 Å². The first-order valence-corrected chi connectivity index (χ1v) is 19.7. The molecule has 0 aliphatic heterocycles.